The summed E-state index contributed by atoms with van der Waals surface area (Å²) < 4.78 is 5.74. The molecule has 0 atom stereocenters. The van der Waals surface area contributed by atoms with Crippen molar-refractivity contribution in [1.82, 2.24) is 15.5 Å². The SMILES string of the molecule is Cc1cc(Cl)ccc1Oc1nnc(CNC(C)(C)C)s1. The second-order valence-electron chi connectivity index (χ2n) is 5.58. The quantitative estimate of drug-likeness (QED) is 0.920. The molecule has 0 aliphatic rings. The Balaban J connectivity index is 2.02. The third-order valence-corrected chi connectivity index (χ3v) is 3.59. The number of halogens is 1. The lowest BCUT2D eigenvalue weighted by Gasteiger charge is -2.19. The van der Waals surface area contributed by atoms with Crippen LogP contribution in [0.25, 0.3) is 0 Å². The van der Waals surface area contributed by atoms with E-state index in [1.165, 1.54) is 11.3 Å². The first kappa shape index (κ1) is 15.2. The Morgan fingerprint density at radius 1 is 1.30 bits per heavy atom. The molecule has 1 N–H and O–H groups in total. The molecule has 0 radical (unpaired) electrons. The van der Waals surface area contributed by atoms with Crippen molar-refractivity contribution in [3.8, 4) is 10.9 Å². The molecule has 4 nitrogen and oxygen atoms in total. The van der Waals surface area contributed by atoms with E-state index in [9.17, 15) is 0 Å². The van der Waals surface area contributed by atoms with Crippen LogP contribution >= 0.6 is 22.9 Å². The van der Waals surface area contributed by atoms with E-state index < -0.39 is 0 Å². The van der Waals surface area contributed by atoms with Gasteiger partial charge in [-0.2, -0.15) is 0 Å². The van der Waals surface area contributed by atoms with Crippen molar-refractivity contribution in [3.63, 3.8) is 0 Å². The summed E-state index contributed by atoms with van der Waals surface area (Å²) in [7, 11) is 0. The monoisotopic (exact) mass is 311 g/mol. The molecule has 0 fully saturated rings. The van der Waals surface area contributed by atoms with Gasteiger partial charge in [0, 0.05) is 10.6 Å². The lowest BCUT2D eigenvalue weighted by molar-refractivity contribution is 0.423. The summed E-state index contributed by atoms with van der Waals surface area (Å²) in [5, 5.41) is 13.7. The van der Waals surface area contributed by atoms with Gasteiger partial charge in [-0.1, -0.05) is 28.0 Å². The normalized spacial score (nSPS) is 11.7. The molecule has 20 heavy (non-hydrogen) atoms. The third kappa shape index (κ3) is 4.44. The Kier molecular flexibility index (Phi) is 4.62. The number of benzene rings is 1. The fraction of sp³-hybridized carbons (Fsp3) is 0.429. The van der Waals surface area contributed by atoms with Crippen LogP contribution in [0, 0.1) is 6.92 Å². The van der Waals surface area contributed by atoms with E-state index in [1.807, 2.05) is 19.1 Å². The molecule has 0 aliphatic carbocycles. The van der Waals surface area contributed by atoms with Gasteiger partial charge in [-0.3, -0.25) is 0 Å². The molecule has 2 rings (SSSR count). The van der Waals surface area contributed by atoms with Crippen molar-refractivity contribution in [3.05, 3.63) is 33.8 Å². The topological polar surface area (TPSA) is 47.0 Å². The Labute approximate surface area is 128 Å². The van der Waals surface area contributed by atoms with Crippen LogP contribution in [0.4, 0.5) is 0 Å². The maximum absolute atomic E-state index is 5.92. The molecular weight excluding hydrogens is 294 g/mol. The average molecular weight is 312 g/mol. The molecule has 1 aromatic carbocycles. The highest BCUT2D eigenvalue weighted by atomic mass is 35.5. The van der Waals surface area contributed by atoms with E-state index in [1.54, 1.807) is 6.07 Å². The zero-order valence-electron chi connectivity index (χ0n) is 12.0. The molecule has 1 aromatic heterocycles. The smallest absolute Gasteiger partial charge is 0.299 e. The van der Waals surface area contributed by atoms with Crippen LogP contribution in [0.3, 0.4) is 0 Å². The van der Waals surface area contributed by atoms with Crippen LogP contribution in [0.5, 0.6) is 10.9 Å². The largest absolute Gasteiger partial charge is 0.430 e. The fourth-order valence-electron chi connectivity index (χ4n) is 1.51. The van der Waals surface area contributed by atoms with Crippen LogP contribution in [0.15, 0.2) is 18.2 Å². The molecule has 1 heterocycles. The maximum Gasteiger partial charge on any atom is 0.299 e. The van der Waals surface area contributed by atoms with Gasteiger partial charge < -0.3 is 10.1 Å². The zero-order valence-corrected chi connectivity index (χ0v) is 13.6. The van der Waals surface area contributed by atoms with Crippen molar-refractivity contribution in [1.29, 1.82) is 0 Å². The number of nitrogens with one attached hydrogen (secondary N) is 1. The van der Waals surface area contributed by atoms with E-state index in [-0.39, 0.29) is 5.54 Å². The van der Waals surface area contributed by atoms with Crippen molar-refractivity contribution in [2.45, 2.75) is 39.8 Å². The van der Waals surface area contributed by atoms with Gasteiger partial charge in [-0.25, -0.2) is 0 Å². The van der Waals surface area contributed by atoms with E-state index in [0.717, 1.165) is 16.3 Å². The van der Waals surface area contributed by atoms with Crippen LogP contribution in [-0.4, -0.2) is 15.7 Å². The Morgan fingerprint density at radius 3 is 2.70 bits per heavy atom. The average Bonchev–Trinajstić information content (AvgIpc) is 2.77. The van der Waals surface area contributed by atoms with Crippen molar-refractivity contribution >= 4 is 22.9 Å². The van der Waals surface area contributed by atoms with E-state index >= 15 is 0 Å². The highest BCUT2D eigenvalue weighted by molar-refractivity contribution is 7.13. The standard InChI is InChI=1S/C14H18ClN3OS/c1-9-7-10(15)5-6-11(9)19-13-18-17-12(20-13)8-16-14(2,3)4/h5-7,16H,8H2,1-4H3. The van der Waals surface area contributed by atoms with Crippen molar-refractivity contribution in [2.24, 2.45) is 0 Å². The summed E-state index contributed by atoms with van der Waals surface area (Å²) in [5.41, 5.74) is 1.03. The number of ether oxygens (including phenoxy) is 1. The van der Waals surface area contributed by atoms with E-state index in [4.69, 9.17) is 16.3 Å². The minimum absolute atomic E-state index is 0.0550. The number of aromatic nitrogens is 2. The van der Waals surface area contributed by atoms with Crippen LogP contribution in [-0.2, 0) is 6.54 Å². The lowest BCUT2D eigenvalue weighted by Crippen LogP contribution is -2.35. The molecule has 0 saturated carbocycles. The van der Waals surface area contributed by atoms with Crippen LogP contribution < -0.4 is 10.1 Å². The van der Waals surface area contributed by atoms with Gasteiger partial charge in [0.25, 0.3) is 5.19 Å². The van der Waals surface area contributed by atoms with Gasteiger partial charge in [0.2, 0.25) is 0 Å². The van der Waals surface area contributed by atoms with Crippen LogP contribution in [0.1, 0.15) is 31.3 Å². The number of hydrogen-bond donors (Lipinski definition) is 1. The number of hydrogen-bond acceptors (Lipinski definition) is 5. The summed E-state index contributed by atoms with van der Waals surface area (Å²) in [6.45, 7) is 8.97. The predicted octanol–water partition coefficient (Wildman–Crippen LogP) is 4.18. The molecule has 0 spiro atoms. The first-order valence-corrected chi connectivity index (χ1v) is 7.54. The van der Waals surface area contributed by atoms with Gasteiger partial charge in [0.1, 0.15) is 10.8 Å². The summed E-state index contributed by atoms with van der Waals surface area (Å²) >= 11 is 7.36. The van der Waals surface area contributed by atoms with E-state index in [0.29, 0.717) is 16.8 Å². The fourth-order valence-corrected chi connectivity index (χ4v) is 2.38. The number of nitrogens with zero attached hydrogens (tertiary/aromatic N) is 2. The van der Waals surface area contributed by atoms with Crippen LogP contribution in [0.2, 0.25) is 5.02 Å². The molecule has 0 bridgehead atoms. The van der Waals surface area contributed by atoms with Gasteiger partial charge in [0.05, 0.1) is 6.54 Å². The van der Waals surface area contributed by atoms with Gasteiger partial charge in [-0.05, 0) is 51.5 Å². The molecule has 0 unspecified atom stereocenters. The zero-order chi connectivity index (χ0) is 14.8. The molecule has 108 valence electrons. The molecule has 6 heteroatoms. The second-order valence-corrected chi connectivity index (χ2v) is 7.04. The molecule has 0 amide bonds. The number of aryl methyl sites for hydroxylation is 1. The van der Waals surface area contributed by atoms with E-state index in [2.05, 4.69) is 36.3 Å². The van der Waals surface area contributed by atoms with Crippen molar-refractivity contribution < 1.29 is 4.74 Å². The summed E-state index contributed by atoms with van der Waals surface area (Å²) in [6, 6.07) is 5.50. The summed E-state index contributed by atoms with van der Waals surface area (Å²) in [4.78, 5) is 0. The molecule has 0 aliphatic heterocycles. The highest BCUT2D eigenvalue weighted by Crippen LogP contribution is 2.29. The van der Waals surface area contributed by atoms with Gasteiger partial charge in [-0.15, -0.1) is 5.10 Å². The minimum Gasteiger partial charge on any atom is -0.430 e. The second kappa shape index (κ2) is 6.08. The summed E-state index contributed by atoms with van der Waals surface area (Å²) in [6.07, 6.45) is 0. The van der Waals surface area contributed by atoms with Gasteiger partial charge in [0.15, 0.2) is 0 Å². The minimum atomic E-state index is 0.0550. The Bertz CT molecular complexity index is 592. The molecule has 2 aromatic rings. The maximum atomic E-state index is 5.92. The third-order valence-electron chi connectivity index (χ3n) is 2.55. The lowest BCUT2D eigenvalue weighted by atomic mass is 10.1. The Hall–Kier alpha value is -1.17. The highest BCUT2D eigenvalue weighted by Gasteiger charge is 2.12. The first-order valence-electron chi connectivity index (χ1n) is 6.35. The Morgan fingerprint density at radius 2 is 2.05 bits per heavy atom. The predicted molar refractivity (Wildman–Crippen MR) is 82.8 cm³/mol. The molecule has 0 saturated heterocycles. The van der Waals surface area contributed by atoms with Crippen molar-refractivity contribution in [2.75, 3.05) is 0 Å². The molecular formula is C14H18ClN3OS. The van der Waals surface area contributed by atoms with Gasteiger partial charge >= 0.3 is 0 Å². The summed E-state index contributed by atoms with van der Waals surface area (Å²) in [5.74, 6) is 0.751. The number of rotatable bonds is 4. The first-order chi connectivity index (χ1) is 9.33.